The van der Waals surface area contributed by atoms with Crippen LogP contribution in [-0.4, -0.2) is 23.3 Å². The van der Waals surface area contributed by atoms with Gasteiger partial charge in [-0.05, 0) is 40.7 Å². The van der Waals surface area contributed by atoms with E-state index in [1.165, 1.54) is 13.1 Å². The number of hydrogen-bond acceptors (Lipinski definition) is 3. The highest BCUT2D eigenvalue weighted by atomic mass is 19.4. The van der Waals surface area contributed by atoms with Gasteiger partial charge in [0.1, 0.15) is 0 Å². The van der Waals surface area contributed by atoms with Crippen molar-refractivity contribution in [3.05, 3.63) is 23.5 Å². The van der Waals surface area contributed by atoms with Crippen LogP contribution in [0.25, 0.3) is 0 Å². The molecule has 0 spiro atoms. The number of pyridine rings is 1. The average molecular weight is 287 g/mol. The molecule has 1 aromatic rings. The van der Waals surface area contributed by atoms with Gasteiger partial charge >= 0.3 is 13.3 Å². The van der Waals surface area contributed by atoms with Crippen molar-refractivity contribution in [3.8, 4) is 0 Å². The summed E-state index contributed by atoms with van der Waals surface area (Å²) in [6, 6.07) is 1.01. The molecule has 1 aliphatic rings. The fourth-order valence-corrected chi connectivity index (χ4v) is 1.97. The summed E-state index contributed by atoms with van der Waals surface area (Å²) in [5, 5.41) is 0. The van der Waals surface area contributed by atoms with Crippen LogP contribution in [0.15, 0.2) is 12.3 Å². The molecule has 3 nitrogen and oxygen atoms in total. The SMILES string of the molecule is Cc1cc(C(F)(F)F)c(B2OC(C)(C)C(C)(C)O2)cn1. The lowest BCUT2D eigenvalue weighted by molar-refractivity contribution is -0.137. The van der Waals surface area contributed by atoms with Gasteiger partial charge in [0.2, 0.25) is 0 Å². The summed E-state index contributed by atoms with van der Waals surface area (Å²) in [6.07, 6.45) is -3.28. The molecule has 1 fully saturated rings. The van der Waals surface area contributed by atoms with Gasteiger partial charge in [-0.25, -0.2) is 0 Å². The quantitative estimate of drug-likeness (QED) is 0.744. The molecule has 0 saturated carbocycles. The number of halogens is 3. The largest absolute Gasteiger partial charge is 0.497 e. The van der Waals surface area contributed by atoms with Gasteiger partial charge in [0.15, 0.2) is 0 Å². The Bertz CT molecular complexity index is 513. The minimum Gasteiger partial charge on any atom is -0.399 e. The predicted octanol–water partition coefficient (Wildman–Crippen LogP) is 2.71. The van der Waals surface area contributed by atoms with E-state index in [1.54, 1.807) is 27.7 Å². The molecule has 0 atom stereocenters. The summed E-state index contributed by atoms with van der Waals surface area (Å²) in [4.78, 5) is 3.93. The zero-order valence-electron chi connectivity index (χ0n) is 12.1. The molecule has 7 heteroatoms. The van der Waals surface area contributed by atoms with E-state index in [0.717, 1.165) is 6.07 Å². The molecule has 1 aromatic heterocycles. The maximum atomic E-state index is 13.1. The summed E-state index contributed by atoms with van der Waals surface area (Å²) < 4.78 is 50.7. The Morgan fingerprint density at radius 2 is 1.60 bits per heavy atom. The van der Waals surface area contributed by atoms with Crippen LogP contribution >= 0.6 is 0 Å². The van der Waals surface area contributed by atoms with E-state index < -0.39 is 30.1 Å². The van der Waals surface area contributed by atoms with E-state index in [4.69, 9.17) is 9.31 Å². The van der Waals surface area contributed by atoms with Gasteiger partial charge < -0.3 is 9.31 Å². The highest BCUT2D eigenvalue weighted by Crippen LogP contribution is 2.38. The summed E-state index contributed by atoms with van der Waals surface area (Å²) in [6.45, 7) is 8.69. The van der Waals surface area contributed by atoms with E-state index in [-0.39, 0.29) is 5.46 Å². The van der Waals surface area contributed by atoms with E-state index >= 15 is 0 Å². The molecule has 2 heterocycles. The number of aromatic nitrogens is 1. The first-order valence-corrected chi connectivity index (χ1v) is 6.33. The first-order chi connectivity index (χ1) is 8.94. The lowest BCUT2D eigenvalue weighted by Crippen LogP contribution is -2.41. The highest BCUT2D eigenvalue weighted by Gasteiger charge is 2.53. The molecule has 1 saturated heterocycles. The second kappa shape index (κ2) is 4.46. The first-order valence-electron chi connectivity index (χ1n) is 6.33. The third kappa shape index (κ3) is 2.56. The lowest BCUT2D eigenvalue weighted by Gasteiger charge is -2.32. The molecule has 1 aliphatic heterocycles. The Hall–Kier alpha value is -1.08. The van der Waals surface area contributed by atoms with Crippen molar-refractivity contribution in [1.29, 1.82) is 0 Å². The number of alkyl halides is 3. The lowest BCUT2D eigenvalue weighted by atomic mass is 9.76. The minimum absolute atomic E-state index is 0.0817. The van der Waals surface area contributed by atoms with Crippen LogP contribution < -0.4 is 5.46 Å². The highest BCUT2D eigenvalue weighted by molar-refractivity contribution is 6.62. The monoisotopic (exact) mass is 287 g/mol. The average Bonchev–Trinajstić information content (AvgIpc) is 2.46. The number of hydrogen-bond donors (Lipinski definition) is 0. The molecule has 0 unspecified atom stereocenters. The van der Waals surface area contributed by atoms with Gasteiger partial charge in [0, 0.05) is 17.4 Å². The van der Waals surface area contributed by atoms with Crippen molar-refractivity contribution in [2.45, 2.75) is 52.0 Å². The maximum Gasteiger partial charge on any atom is 0.497 e. The molecule has 110 valence electrons. The first kappa shape index (κ1) is 15.3. The number of aryl methyl sites for hydroxylation is 1. The van der Waals surface area contributed by atoms with Gasteiger partial charge in [0.05, 0.1) is 16.8 Å². The van der Waals surface area contributed by atoms with Crippen molar-refractivity contribution in [1.82, 2.24) is 4.98 Å². The van der Waals surface area contributed by atoms with Crippen molar-refractivity contribution in [2.75, 3.05) is 0 Å². The van der Waals surface area contributed by atoms with E-state index in [1.807, 2.05) is 0 Å². The second-order valence-electron chi connectivity index (χ2n) is 6.00. The zero-order chi connectivity index (χ0) is 15.3. The molecule has 0 bridgehead atoms. The van der Waals surface area contributed by atoms with Crippen molar-refractivity contribution in [2.24, 2.45) is 0 Å². The van der Waals surface area contributed by atoms with Gasteiger partial charge in [-0.2, -0.15) is 13.2 Å². The number of rotatable bonds is 1. The normalized spacial score (nSPS) is 21.3. The molecule has 0 aromatic carbocycles. The molecular formula is C13H17BF3NO2. The molecule has 0 aliphatic carbocycles. The van der Waals surface area contributed by atoms with E-state index in [9.17, 15) is 13.2 Å². The fourth-order valence-electron chi connectivity index (χ4n) is 1.97. The van der Waals surface area contributed by atoms with Crippen molar-refractivity contribution >= 4 is 12.6 Å². The molecular weight excluding hydrogens is 270 g/mol. The Morgan fingerprint density at radius 1 is 1.10 bits per heavy atom. The zero-order valence-corrected chi connectivity index (χ0v) is 12.1. The Labute approximate surface area is 116 Å². The maximum absolute atomic E-state index is 13.1. The standard InChI is InChI=1S/C13H17BF3NO2/c1-8-6-9(13(15,16)17)10(7-18-8)14-19-11(2,3)12(4,5)20-14/h6-7H,1-5H3. The summed E-state index contributed by atoms with van der Waals surface area (Å²) in [7, 11) is -1.07. The summed E-state index contributed by atoms with van der Waals surface area (Å²) in [5.41, 5.74) is -1.92. The smallest absolute Gasteiger partial charge is 0.399 e. The van der Waals surface area contributed by atoms with E-state index in [2.05, 4.69) is 4.98 Å². The molecule has 0 amide bonds. The van der Waals surface area contributed by atoms with Crippen LogP contribution in [0.1, 0.15) is 39.0 Å². The molecule has 0 N–H and O–H groups in total. The Balaban J connectivity index is 2.46. The number of nitrogens with zero attached hydrogens (tertiary/aromatic N) is 1. The van der Waals surface area contributed by atoms with Crippen molar-refractivity contribution in [3.63, 3.8) is 0 Å². The van der Waals surface area contributed by atoms with Crippen molar-refractivity contribution < 1.29 is 22.5 Å². The van der Waals surface area contributed by atoms with Crippen LogP contribution in [0.4, 0.5) is 13.2 Å². The third-order valence-electron chi connectivity index (χ3n) is 3.88. The van der Waals surface area contributed by atoms with Crippen LogP contribution in [0, 0.1) is 6.92 Å². The van der Waals surface area contributed by atoms with Gasteiger partial charge in [0.25, 0.3) is 0 Å². The van der Waals surface area contributed by atoms with Gasteiger partial charge in [-0.15, -0.1) is 0 Å². The third-order valence-corrected chi connectivity index (χ3v) is 3.88. The molecule has 0 radical (unpaired) electrons. The van der Waals surface area contributed by atoms with Crippen LogP contribution in [0.5, 0.6) is 0 Å². The van der Waals surface area contributed by atoms with Gasteiger partial charge in [-0.1, -0.05) is 0 Å². The van der Waals surface area contributed by atoms with E-state index in [0.29, 0.717) is 5.69 Å². The van der Waals surface area contributed by atoms with Gasteiger partial charge in [-0.3, -0.25) is 4.98 Å². The second-order valence-corrected chi connectivity index (χ2v) is 6.00. The topological polar surface area (TPSA) is 31.4 Å². The Morgan fingerprint density at radius 3 is 2.05 bits per heavy atom. The van der Waals surface area contributed by atoms with Crippen LogP contribution in [-0.2, 0) is 15.5 Å². The molecule has 20 heavy (non-hydrogen) atoms. The Kier molecular flexibility index (Phi) is 3.42. The minimum atomic E-state index is -4.47. The van der Waals surface area contributed by atoms with Crippen LogP contribution in [0.2, 0.25) is 0 Å². The van der Waals surface area contributed by atoms with Crippen LogP contribution in [0.3, 0.4) is 0 Å². The fraction of sp³-hybridized carbons (Fsp3) is 0.615. The molecule has 2 rings (SSSR count). The summed E-state index contributed by atoms with van der Waals surface area (Å²) >= 11 is 0. The summed E-state index contributed by atoms with van der Waals surface area (Å²) in [5.74, 6) is 0. The predicted molar refractivity (Wildman–Crippen MR) is 69.7 cm³/mol.